The van der Waals surface area contributed by atoms with Gasteiger partial charge in [-0.3, -0.25) is 0 Å². The minimum atomic E-state index is -3.39. The molecule has 1 saturated heterocycles. The van der Waals surface area contributed by atoms with Crippen LogP contribution in [0.25, 0.3) is 0 Å². The highest BCUT2D eigenvalue weighted by molar-refractivity contribution is 8.00. The zero-order valence-corrected chi connectivity index (χ0v) is 10.3. The fourth-order valence-electron chi connectivity index (χ4n) is 1.38. The Kier molecular flexibility index (Phi) is 3.25. The SMILES string of the molecule is O=S(=O)(c1ccccc1Cl)N1CCSC1. The van der Waals surface area contributed by atoms with Gasteiger partial charge < -0.3 is 0 Å². The first-order valence-corrected chi connectivity index (χ1v) is 7.42. The normalized spacial score (nSPS) is 18.2. The van der Waals surface area contributed by atoms with Crippen LogP contribution in [0.15, 0.2) is 29.2 Å². The maximum atomic E-state index is 12.1. The summed E-state index contributed by atoms with van der Waals surface area (Å²) in [5.41, 5.74) is 0. The van der Waals surface area contributed by atoms with Gasteiger partial charge in [0.1, 0.15) is 4.90 Å². The van der Waals surface area contributed by atoms with Crippen molar-refractivity contribution in [2.24, 2.45) is 0 Å². The summed E-state index contributed by atoms with van der Waals surface area (Å²) < 4.78 is 25.6. The molecule has 0 N–H and O–H groups in total. The topological polar surface area (TPSA) is 37.4 Å². The van der Waals surface area contributed by atoms with Crippen LogP contribution in [-0.4, -0.2) is 30.9 Å². The quantitative estimate of drug-likeness (QED) is 0.819. The van der Waals surface area contributed by atoms with Gasteiger partial charge in [-0.15, -0.1) is 11.8 Å². The first kappa shape index (κ1) is 11.3. The number of rotatable bonds is 2. The zero-order chi connectivity index (χ0) is 10.9. The van der Waals surface area contributed by atoms with E-state index in [1.807, 2.05) is 0 Å². The van der Waals surface area contributed by atoms with Crippen LogP contribution in [0.3, 0.4) is 0 Å². The van der Waals surface area contributed by atoms with Crippen LogP contribution in [-0.2, 0) is 10.0 Å². The van der Waals surface area contributed by atoms with Crippen molar-refractivity contribution in [1.29, 1.82) is 0 Å². The molecule has 0 spiro atoms. The number of hydrogen-bond acceptors (Lipinski definition) is 3. The van der Waals surface area contributed by atoms with Gasteiger partial charge in [-0.25, -0.2) is 8.42 Å². The molecule has 1 aromatic rings. The Morgan fingerprint density at radius 1 is 1.33 bits per heavy atom. The first-order valence-electron chi connectivity index (χ1n) is 4.45. The Morgan fingerprint density at radius 3 is 2.67 bits per heavy atom. The zero-order valence-electron chi connectivity index (χ0n) is 7.89. The molecule has 0 atom stereocenters. The Morgan fingerprint density at radius 2 is 2.07 bits per heavy atom. The summed E-state index contributed by atoms with van der Waals surface area (Å²) >= 11 is 7.49. The second-order valence-corrected chi connectivity index (χ2v) is 6.54. The van der Waals surface area contributed by atoms with Gasteiger partial charge in [-0.2, -0.15) is 4.31 Å². The van der Waals surface area contributed by atoms with Crippen molar-refractivity contribution in [1.82, 2.24) is 4.31 Å². The van der Waals surface area contributed by atoms with E-state index in [0.29, 0.717) is 12.4 Å². The van der Waals surface area contributed by atoms with E-state index < -0.39 is 10.0 Å². The molecule has 1 heterocycles. The molecule has 1 aliphatic heterocycles. The summed E-state index contributed by atoms with van der Waals surface area (Å²) in [5.74, 6) is 1.37. The first-order chi connectivity index (χ1) is 7.12. The molecule has 2 rings (SSSR count). The van der Waals surface area contributed by atoms with Gasteiger partial charge in [-0.1, -0.05) is 23.7 Å². The summed E-state index contributed by atoms with van der Waals surface area (Å²) in [6.45, 7) is 0.568. The smallest absolute Gasteiger partial charge is 0.207 e. The van der Waals surface area contributed by atoms with Crippen LogP contribution in [0.4, 0.5) is 0 Å². The van der Waals surface area contributed by atoms with Crippen molar-refractivity contribution in [3.8, 4) is 0 Å². The molecule has 1 aliphatic rings. The van der Waals surface area contributed by atoms with E-state index in [9.17, 15) is 8.42 Å². The summed E-state index contributed by atoms with van der Waals surface area (Å²) in [6, 6.07) is 6.54. The van der Waals surface area contributed by atoms with Gasteiger partial charge in [0, 0.05) is 12.3 Å². The van der Waals surface area contributed by atoms with Crippen LogP contribution in [0.2, 0.25) is 5.02 Å². The maximum absolute atomic E-state index is 12.1. The Bertz CT molecular complexity index is 455. The highest BCUT2D eigenvalue weighted by Crippen LogP contribution is 2.27. The van der Waals surface area contributed by atoms with Gasteiger partial charge in [0.2, 0.25) is 10.0 Å². The lowest BCUT2D eigenvalue weighted by Gasteiger charge is -2.15. The molecule has 0 aromatic heterocycles. The van der Waals surface area contributed by atoms with E-state index >= 15 is 0 Å². The maximum Gasteiger partial charge on any atom is 0.245 e. The standard InChI is InChI=1S/C9H10ClNO2S2/c10-8-3-1-2-4-9(8)15(12,13)11-5-6-14-7-11/h1-4H,5-7H2. The fraction of sp³-hybridized carbons (Fsp3) is 0.333. The molecule has 0 radical (unpaired) electrons. The molecular weight excluding hydrogens is 254 g/mol. The third-order valence-electron chi connectivity index (χ3n) is 2.17. The molecule has 0 saturated carbocycles. The molecule has 3 nitrogen and oxygen atoms in total. The molecule has 15 heavy (non-hydrogen) atoms. The van der Waals surface area contributed by atoms with Gasteiger partial charge in [0.15, 0.2) is 0 Å². The van der Waals surface area contributed by atoms with Gasteiger partial charge in [0.05, 0.1) is 10.9 Å². The number of halogens is 1. The monoisotopic (exact) mass is 263 g/mol. The molecule has 0 unspecified atom stereocenters. The van der Waals surface area contributed by atoms with Crippen LogP contribution in [0, 0.1) is 0 Å². The Balaban J connectivity index is 2.41. The molecule has 1 fully saturated rings. The van der Waals surface area contributed by atoms with Crippen molar-refractivity contribution in [2.75, 3.05) is 18.2 Å². The average Bonchev–Trinajstić information content (AvgIpc) is 2.71. The van der Waals surface area contributed by atoms with E-state index in [0.717, 1.165) is 5.75 Å². The van der Waals surface area contributed by atoms with Crippen molar-refractivity contribution >= 4 is 33.4 Å². The van der Waals surface area contributed by atoms with E-state index in [-0.39, 0.29) is 9.92 Å². The van der Waals surface area contributed by atoms with Crippen LogP contribution >= 0.6 is 23.4 Å². The lowest BCUT2D eigenvalue weighted by atomic mass is 10.4. The number of benzene rings is 1. The fourth-order valence-corrected chi connectivity index (χ4v) is 4.69. The van der Waals surface area contributed by atoms with Gasteiger partial charge >= 0.3 is 0 Å². The second-order valence-electron chi connectivity index (χ2n) is 3.15. The Hall–Kier alpha value is -0.230. The lowest BCUT2D eigenvalue weighted by molar-refractivity contribution is 0.489. The van der Waals surface area contributed by atoms with Crippen LogP contribution < -0.4 is 0 Å². The minimum absolute atomic E-state index is 0.203. The number of nitrogens with zero attached hydrogens (tertiary/aromatic N) is 1. The molecule has 0 amide bonds. The summed E-state index contributed by atoms with van der Waals surface area (Å²) in [4.78, 5) is 0.203. The van der Waals surface area contributed by atoms with Crippen molar-refractivity contribution in [3.05, 3.63) is 29.3 Å². The van der Waals surface area contributed by atoms with Gasteiger partial charge in [-0.05, 0) is 12.1 Å². The summed E-state index contributed by atoms with van der Waals surface area (Å²) in [7, 11) is -3.39. The van der Waals surface area contributed by atoms with E-state index in [4.69, 9.17) is 11.6 Å². The largest absolute Gasteiger partial charge is 0.245 e. The molecule has 1 aromatic carbocycles. The highest BCUT2D eigenvalue weighted by Gasteiger charge is 2.28. The molecular formula is C9H10ClNO2S2. The molecule has 0 bridgehead atoms. The number of sulfonamides is 1. The van der Waals surface area contributed by atoms with E-state index in [1.54, 1.807) is 36.0 Å². The molecule has 82 valence electrons. The van der Waals surface area contributed by atoms with Crippen molar-refractivity contribution in [3.63, 3.8) is 0 Å². The number of hydrogen-bond donors (Lipinski definition) is 0. The lowest BCUT2D eigenvalue weighted by Crippen LogP contribution is -2.28. The summed E-state index contributed by atoms with van der Waals surface area (Å²) in [5, 5.41) is 0.286. The van der Waals surface area contributed by atoms with Gasteiger partial charge in [0.25, 0.3) is 0 Å². The molecule has 6 heteroatoms. The summed E-state index contributed by atoms with van der Waals surface area (Å²) in [6.07, 6.45) is 0. The minimum Gasteiger partial charge on any atom is -0.207 e. The average molecular weight is 264 g/mol. The van der Waals surface area contributed by atoms with Crippen molar-refractivity contribution in [2.45, 2.75) is 4.90 Å². The second kappa shape index (κ2) is 4.33. The number of thioether (sulfide) groups is 1. The third kappa shape index (κ3) is 2.15. The van der Waals surface area contributed by atoms with Crippen LogP contribution in [0.5, 0.6) is 0 Å². The Labute approximate surface area is 98.5 Å². The molecule has 0 aliphatic carbocycles. The predicted octanol–water partition coefficient (Wildman–Crippen LogP) is 2.04. The predicted molar refractivity (Wildman–Crippen MR) is 62.7 cm³/mol. The van der Waals surface area contributed by atoms with E-state index in [2.05, 4.69) is 0 Å². The van der Waals surface area contributed by atoms with Crippen molar-refractivity contribution < 1.29 is 8.42 Å². The van der Waals surface area contributed by atoms with E-state index in [1.165, 1.54) is 4.31 Å². The third-order valence-corrected chi connectivity index (χ3v) is 5.65. The van der Waals surface area contributed by atoms with Crippen LogP contribution in [0.1, 0.15) is 0 Å². The highest BCUT2D eigenvalue weighted by atomic mass is 35.5.